The van der Waals surface area contributed by atoms with E-state index in [-0.39, 0.29) is 17.2 Å². The van der Waals surface area contributed by atoms with Crippen molar-refractivity contribution in [2.75, 3.05) is 0 Å². The SMILES string of the molecule is O=[N+]([O-])c1cccc(CSc2ccc(CO)cc2)c1. The smallest absolute Gasteiger partial charge is 0.269 e. The molecule has 0 unspecified atom stereocenters. The number of nitrogens with zero attached hydrogens (tertiary/aromatic N) is 1. The van der Waals surface area contributed by atoms with Gasteiger partial charge in [0, 0.05) is 22.8 Å². The van der Waals surface area contributed by atoms with Crippen LogP contribution in [-0.2, 0) is 12.4 Å². The third-order valence-corrected chi connectivity index (χ3v) is 3.72. The summed E-state index contributed by atoms with van der Waals surface area (Å²) in [5.41, 5.74) is 1.92. The predicted octanol–water partition coefficient (Wildman–Crippen LogP) is 3.38. The van der Waals surface area contributed by atoms with E-state index < -0.39 is 0 Å². The summed E-state index contributed by atoms with van der Waals surface area (Å²) in [5.74, 6) is 0.681. The molecule has 0 aliphatic carbocycles. The number of thioether (sulfide) groups is 1. The lowest BCUT2D eigenvalue weighted by atomic mass is 10.2. The highest BCUT2D eigenvalue weighted by Crippen LogP contribution is 2.24. The Morgan fingerprint density at radius 3 is 2.47 bits per heavy atom. The molecule has 0 atom stereocenters. The Hall–Kier alpha value is -1.85. The Kier molecular flexibility index (Phi) is 4.54. The summed E-state index contributed by atoms with van der Waals surface area (Å²) >= 11 is 1.61. The molecule has 0 amide bonds. The number of aliphatic hydroxyl groups is 1. The van der Waals surface area contributed by atoms with E-state index in [1.54, 1.807) is 23.9 Å². The highest BCUT2D eigenvalue weighted by molar-refractivity contribution is 7.98. The first-order valence-electron chi connectivity index (χ1n) is 5.75. The molecule has 0 saturated heterocycles. The molecule has 0 saturated carbocycles. The quantitative estimate of drug-likeness (QED) is 0.516. The Morgan fingerprint density at radius 2 is 1.84 bits per heavy atom. The maximum absolute atomic E-state index is 10.7. The molecule has 0 spiro atoms. The van der Waals surface area contributed by atoms with E-state index in [0.717, 1.165) is 16.0 Å². The van der Waals surface area contributed by atoms with Crippen LogP contribution in [0.3, 0.4) is 0 Å². The molecular formula is C14H13NO3S. The molecule has 2 aromatic carbocycles. The van der Waals surface area contributed by atoms with Gasteiger partial charge in [0.05, 0.1) is 11.5 Å². The van der Waals surface area contributed by atoms with Gasteiger partial charge in [0.15, 0.2) is 0 Å². The number of nitro benzene ring substituents is 1. The van der Waals surface area contributed by atoms with Crippen molar-refractivity contribution < 1.29 is 10.0 Å². The van der Waals surface area contributed by atoms with Gasteiger partial charge < -0.3 is 5.11 Å². The zero-order valence-corrected chi connectivity index (χ0v) is 11.0. The molecule has 1 N–H and O–H groups in total. The van der Waals surface area contributed by atoms with Crippen molar-refractivity contribution in [1.82, 2.24) is 0 Å². The fraction of sp³-hybridized carbons (Fsp3) is 0.143. The summed E-state index contributed by atoms with van der Waals surface area (Å²) in [5, 5.41) is 19.6. The van der Waals surface area contributed by atoms with Gasteiger partial charge in [-0.25, -0.2) is 0 Å². The van der Waals surface area contributed by atoms with Crippen LogP contribution in [-0.4, -0.2) is 10.0 Å². The van der Waals surface area contributed by atoms with Crippen molar-refractivity contribution in [2.45, 2.75) is 17.3 Å². The van der Waals surface area contributed by atoms with Crippen LogP contribution in [0.2, 0.25) is 0 Å². The molecule has 0 bridgehead atoms. The van der Waals surface area contributed by atoms with E-state index >= 15 is 0 Å². The predicted molar refractivity (Wildman–Crippen MR) is 75.0 cm³/mol. The normalized spacial score (nSPS) is 10.4. The van der Waals surface area contributed by atoms with Crippen LogP contribution in [0, 0.1) is 10.1 Å². The topological polar surface area (TPSA) is 63.4 Å². The van der Waals surface area contributed by atoms with E-state index in [1.165, 1.54) is 6.07 Å². The Bertz CT molecular complexity index is 569. The van der Waals surface area contributed by atoms with Gasteiger partial charge in [-0.15, -0.1) is 11.8 Å². The Morgan fingerprint density at radius 1 is 1.11 bits per heavy atom. The molecule has 4 nitrogen and oxygen atoms in total. The van der Waals surface area contributed by atoms with Gasteiger partial charge in [0.1, 0.15) is 0 Å². The molecule has 0 fully saturated rings. The molecule has 98 valence electrons. The molecule has 19 heavy (non-hydrogen) atoms. The molecule has 5 heteroatoms. The molecule has 2 aromatic rings. The lowest BCUT2D eigenvalue weighted by Crippen LogP contribution is -1.89. The van der Waals surface area contributed by atoms with Crippen LogP contribution in [0.15, 0.2) is 53.4 Å². The number of rotatable bonds is 5. The van der Waals surface area contributed by atoms with Crippen LogP contribution >= 0.6 is 11.8 Å². The van der Waals surface area contributed by atoms with E-state index in [2.05, 4.69) is 0 Å². The van der Waals surface area contributed by atoms with Crippen LogP contribution in [0.25, 0.3) is 0 Å². The van der Waals surface area contributed by atoms with Crippen molar-refractivity contribution >= 4 is 17.4 Å². The minimum atomic E-state index is -0.385. The summed E-state index contributed by atoms with van der Waals surface area (Å²) < 4.78 is 0. The van der Waals surface area contributed by atoms with Crippen LogP contribution < -0.4 is 0 Å². The average Bonchev–Trinajstić information content (AvgIpc) is 2.46. The number of hydrogen-bond acceptors (Lipinski definition) is 4. The molecule has 0 aliphatic rings. The van der Waals surface area contributed by atoms with Gasteiger partial charge >= 0.3 is 0 Å². The second-order valence-electron chi connectivity index (χ2n) is 4.02. The third-order valence-electron chi connectivity index (χ3n) is 2.63. The van der Waals surface area contributed by atoms with Crippen LogP contribution in [0.1, 0.15) is 11.1 Å². The van der Waals surface area contributed by atoms with Gasteiger partial charge in [-0.1, -0.05) is 24.3 Å². The monoisotopic (exact) mass is 275 g/mol. The minimum absolute atomic E-state index is 0.0375. The fourth-order valence-electron chi connectivity index (χ4n) is 1.62. The minimum Gasteiger partial charge on any atom is -0.392 e. The average molecular weight is 275 g/mol. The molecular weight excluding hydrogens is 262 g/mol. The highest BCUT2D eigenvalue weighted by atomic mass is 32.2. The first-order valence-corrected chi connectivity index (χ1v) is 6.73. The molecule has 0 aromatic heterocycles. The molecule has 0 radical (unpaired) electrons. The van der Waals surface area contributed by atoms with Crippen molar-refractivity contribution in [2.24, 2.45) is 0 Å². The van der Waals surface area contributed by atoms with Gasteiger partial charge in [-0.2, -0.15) is 0 Å². The molecule has 2 rings (SSSR count). The Labute approximate surface area is 115 Å². The summed E-state index contributed by atoms with van der Waals surface area (Å²) in [7, 11) is 0. The van der Waals surface area contributed by atoms with Crippen molar-refractivity contribution in [3.63, 3.8) is 0 Å². The van der Waals surface area contributed by atoms with E-state index in [1.807, 2.05) is 30.3 Å². The van der Waals surface area contributed by atoms with Gasteiger partial charge in [-0.05, 0) is 23.3 Å². The second-order valence-corrected chi connectivity index (χ2v) is 5.07. The maximum atomic E-state index is 10.7. The zero-order chi connectivity index (χ0) is 13.7. The number of aliphatic hydroxyl groups excluding tert-OH is 1. The first-order chi connectivity index (χ1) is 9.19. The first kappa shape index (κ1) is 13.6. The van der Waals surface area contributed by atoms with Crippen LogP contribution in [0.4, 0.5) is 5.69 Å². The maximum Gasteiger partial charge on any atom is 0.269 e. The summed E-state index contributed by atoms with van der Waals surface area (Å²) in [6.45, 7) is 0.0375. The van der Waals surface area contributed by atoms with Gasteiger partial charge in [-0.3, -0.25) is 10.1 Å². The summed E-state index contributed by atoms with van der Waals surface area (Å²) in [6.07, 6.45) is 0. The summed E-state index contributed by atoms with van der Waals surface area (Å²) in [6, 6.07) is 14.3. The van der Waals surface area contributed by atoms with Crippen molar-refractivity contribution in [1.29, 1.82) is 0 Å². The lowest BCUT2D eigenvalue weighted by molar-refractivity contribution is -0.384. The van der Waals surface area contributed by atoms with Crippen molar-refractivity contribution in [3.05, 3.63) is 69.8 Å². The van der Waals surface area contributed by atoms with Crippen molar-refractivity contribution in [3.8, 4) is 0 Å². The highest BCUT2D eigenvalue weighted by Gasteiger charge is 2.05. The largest absolute Gasteiger partial charge is 0.392 e. The van der Waals surface area contributed by atoms with E-state index in [4.69, 9.17) is 5.11 Å². The van der Waals surface area contributed by atoms with E-state index in [0.29, 0.717) is 5.75 Å². The molecule has 0 heterocycles. The second kappa shape index (κ2) is 6.36. The van der Waals surface area contributed by atoms with Crippen LogP contribution in [0.5, 0.6) is 0 Å². The number of benzene rings is 2. The Balaban J connectivity index is 2.01. The number of nitro groups is 1. The van der Waals surface area contributed by atoms with Gasteiger partial charge in [0.25, 0.3) is 5.69 Å². The number of non-ortho nitro benzene ring substituents is 1. The fourth-order valence-corrected chi connectivity index (χ4v) is 2.46. The lowest BCUT2D eigenvalue weighted by Gasteiger charge is -2.03. The van der Waals surface area contributed by atoms with E-state index in [9.17, 15) is 10.1 Å². The number of hydrogen-bond donors (Lipinski definition) is 1. The summed E-state index contributed by atoms with van der Waals surface area (Å²) in [4.78, 5) is 11.4. The standard InChI is InChI=1S/C14H13NO3S/c16-9-11-4-6-14(7-5-11)19-10-12-2-1-3-13(8-12)15(17)18/h1-8,16H,9-10H2. The van der Waals surface area contributed by atoms with Gasteiger partial charge in [0.2, 0.25) is 0 Å². The molecule has 0 aliphatic heterocycles. The third kappa shape index (κ3) is 3.81. The zero-order valence-electron chi connectivity index (χ0n) is 10.2.